The van der Waals surface area contributed by atoms with Gasteiger partial charge in [-0.3, -0.25) is 0 Å². The van der Waals surface area contributed by atoms with Gasteiger partial charge in [-0.05, 0) is 25.3 Å². The molecule has 2 aromatic rings. The second-order valence-corrected chi connectivity index (χ2v) is 5.79. The molecule has 8 heteroatoms. The van der Waals surface area contributed by atoms with Crippen LogP contribution in [-0.4, -0.2) is 34.4 Å². The molecule has 2 amide bonds. The first-order valence-corrected chi connectivity index (χ1v) is 7.42. The van der Waals surface area contributed by atoms with E-state index in [1.807, 2.05) is 17.5 Å². The number of aryl methyl sites for hydroxylation is 1. The van der Waals surface area contributed by atoms with Crippen molar-refractivity contribution in [2.45, 2.75) is 25.9 Å². The highest BCUT2D eigenvalue weighted by atomic mass is 32.1. The van der Waals surface area contributed by atoms with Crippen LogP contribution in [0.25, 0.3) is 0 Å². The van der Waals surface area contributed by atoms with Crippen LogP contribution in [0.15, 0.2) is 22.0 Å². The summed E-state index contributed by atoms with van der Waals surface area (Å²) in [5.74, 6) is 1.06. The van der Waals surface area contributed by atoms with Gasteiger partial charge in [0.1, 0.15) is 5.60 Å². The van der Waals surface area contributed by atoms with E-state index in [2.05, 4.69) is 20.8 Å². The average molecular weight is 310 g/mol. The molecular formula is C13H18N4O3S. The van der Waals surface area contributed by atoms with Gasteiger partial charge in [-0.25, -0.2) is 4.79 Å². The van der Waals surface area contributed by atoms with Crippen LogP contribution in [0.1, 0.15) is 23.5 Å². The van der Waals surface area contributed by atoms with E-state index in [1.54, 1.807) is 13.8 Å². The molecule has 0 saturated heterocycles. The van der Waals surface area contributed by atoms with Crippen LogP contribution < -0.4 is 10.6 Å². The van der Waals surface area contributed by atoms with Crippen molar-refractivity contribution in [3.63, 3.8) is 0 Å². The van der Waals surface area contributed by atoms with Crippen molar-refractivity contribution in [1.82, 2.24) is 20.8 Å². The van der Waals surface area contributed by atoms with Crippen molar-refractivity contribution in [2.24, 2.45) is 0 Å². The summed E-state index contributed by atoms with van der Waals surface area (Å²) in [4.78, 5) is 16.5. The molecule has 0 spiro atoms. The molecule has 2 heterocycles. The zero-order valence-electron chi connectivity index (χ0n) is 11.9. The lowest BCUT2D eigenvalue weighted by molar-refractivity contribution is 0.0631. The largest absolute Gasteiger partial charge is 0.383 e. The highest BCUT2D eigenvalue weighted by Crippen LogP contribution is 2.24. The Hall–Kier alpha value is -1.93. The second kappa shape index (κ2) is 6.68. The molecule has 1 unspecified atom stereocenters. The number of carbonyl (C=O) groups excluding carboxylic acids is 1. The van der Waals surface area contributed by atoms with Gasteiger partial charge in [0.2, 0.25) is 5.89 Å². The van der Waals surface area contributed by atoms with Crippen LogP contribution in [0, 0.1) is 6.92 Å². The van der Waals surface area contributed by atoms with Crippen molar-refractivity contribution in [2.75, 3.05) is 13.1 Å². The third-order valence-corrected chi connectivity index (χ3v) is 3.96. The number of hydrogen-bond donors (Lipinski definition) is 3. The maximum atomic E-state index is 11.7. The summed E-state index contributed by atoms with van der Waals surface area (Å²) in [6, 6.07) is 3.35. The van der Waals surface area contributed by atoms with Gasteiger partial charge in [-0.1, -0.05) is 11.2 Å². The fourth-order valence-electron chi connectivity index (χ4n) is 1.71. The van der Waals surface area contributed by atoms with Crippen molar-refractivity contribution in [3.05, 3.63) is 34.1 Å². The molecule has 0 aliphatic heterocycles. The number of hydrogen-bond acceptors (Lipinski definition) is 6. The van der Waals surface area contributed by atoms with Crippen molar-refractivity contribution in [3.8, 4) is 0 Å². The summed E-state index contributed by atoms with van der Waals surface area (Å²) in [6.07, 6.45) is 0.468. The molecule has 0 aromatic carbocycles. The molecule has 0 saturated carbocycles. The zero-order valence-corrected chi connectivity index (χ0v) is 12.7. The van der Waals surface area contributed by atoms with Crippen LogP contribution in [0.3, 0.4) is 0 Å². The Morgan fingerprint density at radius 2 is 2.33 bits per heavy atom. The molecular weight excluding hydrogens is 292 g/mol. The molecule has 0 aliphatic carbocycles. The fraction of sp³-hybridized carbons (Fsp3) is 0.462. The van der Waals surface area contributed by atoms with E-state index >= 15 is 0 Å². The molecule has 1 atom stereocenters. The molecule has 0 radical (unpaired) electrons. The van der Waals surface area contributed by atoms with E-state index in [-0.39, 0.29) is 12.6 Å². The van der Waals surface area contributed by atoms with Crippen molar-refractivity contribution in [1.29, 1.82) is 0 Å². The summed E-state index contributed by atoms with van der Waals surface area (Å²) >= 11 is 1.45. The summed E-state index contributed by atoms with van der Waals surface area (Å²) in [7, 11) is 0. The monoisotopic (exact) mass is 310 g/mol. The van der Waals surface area contributed by atoms with E-state index in [9.17, 15) is 9.90 Å². The first-order valence-electron chi connectivity index (χ1n) is 6.54. The fourth-order valence-corrected chi connectivity index (χ4v) is 2.50. The van der Waals surface area contributed by atoms with Crippen LogP contribution in [0.2, 0.25) is 0 Å². The maximum Gasteiger partial charge on any atom is 0.314 e. The Kier molecular flexibility index (Phi) is 4.92. The molecule has 7 nitrogen and oxygen atoms in total. The third kappa shape index (κ3) is 4.54. The molecule has 21 heavy (non-hydrogen) atoms. The lowest BCUT2D eigenvalue weighted by atomic mass is 10.1. The van der Waals surface area contributed by atoms with E-state index < -0.39 is 5.60 Å². The SMILES string of the molecule is Cc1noc(CCNC(=O)NCC(C)(O)c2cccs2)n1. The Labute approximate surface area is 126 Å². The number of carbonyl (C=O) groups is 1. The zero-order chi connectivity index (χ0) is 15.3. The van der Waals surface area contributed by atoms with Crippen LogP contribution in [-0.2, 0) is 12.0 Å². The minimum absolute atomic E-state index is 0.138. The van der Waals surface area contributed by atoms with Crippen LogP contribution >= 0.6 is 11.3 Å². The number of thiophene rings is 1. The predicted molar refractivity (Wildman–Crippen MR) is 78.0 cm³/mol. The lowest BCUT2D eigenvalue weighted by Gasteiger charge is -2.22. The number of aromatic nitrogens is 2. The summed E-state index contributed by atoms with van der Waals surface area (Å²) in [5.41, 5.74) is -1.07. The molecule has 2 rings (SSSR count). The number of amides is 2. The lowest BCUT2D eigenvalue weighted by Crippen LogP contribution is -2.43. The topological polar surface area (TPSA) is 100 Å². The molecule has 3 N–H and O–H groups in total. The van der Waals surface area contributed by atoms with Gasteiger partial charge in [0.05, 0.1) is 6.54 Å². The van der Waals surface area contributed by atoms with Gasteiger partial charge in [-0.2, -0.15) is 4.98 Å². The van der Waals surface area contributed by atoms with E-state index in [0.717, 1.165) is 4.88 Å². The van der Waals surface area contributed by atoms with Crippen LogP contribution in [0.4, 0.5) is 4.79 Å². The van der Waals surface area contributed by atoms with E-state index in [4.69, 9.17) is 4.52 Å². The summed E-state index contributed by atoms with van der Waals surface area (Å²) in [5, 5.41) is 21.1. The van der Waals surface area contributed by atoms with E-state index in [0.29, 0.717) is 24.7 Å². The van der Waals surface area contributed by atoms with Gasteiger partial charge in [-0.15, -0.1) is 11.3 Å². The highest BCUT2D eigenvalue weighted by Gasteiger charge is 2.24. The number of nitrogens with zero attached hydrogens (tertiary/aromatic N) is 2. The quantitative estimate of drug-likeness (QED) is 0.744. The molecule has 114 valence electrons. The third-order valence-electron chi connectivity index (χ3n) is 2.84. The smallest absolute Gasteiger partial charge is 0.314 e. The first kappa shape index (κ1) is 15.5. The Morgan fingerprint density at radius 3 is 2.95 bits per heavy atom. The maximum absolute atomic E-state index is 11.7. The van der Waals surface area contributed by atoms with Crippen molar-refractivity contribution >= 4 is 17.4 Å². The normalized spacial score (nSPS) is 13.7. The summed E-state index contributed by atoms with van der Waals surface area (Å²) < 4.78 is 4.94. The Balaban J connectivity index is 1.70. The standard InChI is InChI=1S/C13H18N4O3S/c1-9-16-11(20-17-9)5-6-14-12(18)15-8-13(2,19)10-4-3-7-21-10/h3-4,7,19H,5-6,8H2,1-2H3,(H2,14,15,18). The number of urea groups is 1. The Bertz CT molecular complexity index is 580. The van der Waals surface area contributed by atoms with Gasteiger partial charge in [0, 0.05) is 17.8 Å². The number of rotatable bonds is 6. The van der Waals surface area contributed by atoms with Gasteiger partial charge in [0.25, 0.3) is 0 Å². The minimum atomic E-state index is -1.07. The highest BCUT2D eigenvalue weighted by molar-refractivity contribution is 7.10. The second-order valence-electron chi connectivity index (χ2n) is 4.85. The average Bonchev–Trinajstić information content (AvgIpc) is 3.08. The van der Waals surface area contributed by atoms with Crippen molar-refractivity contribution < 1.29 is 14.4 Å². The van der Waals surface area contributed by atoms with Crippen LogP contribution in [0.5, 0.6) is 0 Å². The molecule has 2 aromatic heterocycles. The van der Waals surface area contributed by atoms with E-state index in [1.165, 1.54) is 11.3 Å². The molecule has 0 fully saturated rings. The minimum Gasteiger partial charge on any atom is -0.383 e. The first-order chi connectivity index (χ1) is 9.97. The molecule has 0 aliphatic rings. The Morgan fingerprint density at radius 1 is 1.52 bits per heavy atom. The van der Waals surface area contributed by atoms with Gasteiger partial charge >= 0.3 is 6.03 Å². The number of aliphatic hydroxyl groups is 1. The summed E-state index contributed by atoms with van der Waals surface area (Å²) in [6.45, 7) is 3.92. The number of nitrogens with one attached hydrogen (secondary N) is 2. The van der Waals surface area contributed by atoms with Gasteiger partial charge < -0.3 is 20.3 Å². The van der Waals surface area contributed by atoms with Gasteiger partial charge in [0.15, 0.2) is 5.82 Å². The predicted octanol–water partition coefficient (Wildman–Crippen LogP) is 1.19. The molecule has 0 bridgehead atoms.